The van der Waals surface area contributed by atoms with Gasteiger partial charge in [-0.3, -0.25) is 0 Å². The first kappa shape index (κ1) is 16.0. The highest BCUT2D eigenvalue weighted by Crippen LogP contribution is 2.30. The van der Waals surface area contributed by atoms with Gasteiger partial charge < -0.3 is 10.4 Å². The van der Waals surface area contributed by atoms with Crippen molar-refractivity contribution in [2.75, 3.05) is 11.9 Å². The molecule has 0 amide bonds. The molecule has 19 heavy (non-hydrogen) atoms. The average molecular weight is 263 g/mol. The van der Waals surface area contributed by atoms with Gasteiger partial charge in [-0.05, 0) is 41.9 Å². The molecule has 0 heterocycles. The number of aliphatic hydroxyl groups is 1. The summed E-state index contributed by atoms with van der Waals surface area (Å²) >= 11 is 0. The fourth-order valence-electron chi connectivity index (χ4n) is 2.23. The molecule has 1 rings (SSSR count). The van der Waals surface area contributed by atoms with Gasteiger partial charge in [0.2, 0.25) is 0 Å². The molecule has 0 saturated heterocycles. The summed E-state index contributed by atoms with van der Waals surface area (Å²) in [6.07, 6.45) is 0. The van der Waals surface area contributed by atoms with Gasteiger partial charge in [0.05, 0.1) is 12.6 Å². The molecule has 0 aliphatic heterocycles. The van der Waals surface area contributed by atoms with Crippen molar-refractivity contribution in [3.63, 3.8) is 0 Å². The first-order valence-corrected chi connectivity index (χ1v) is 7.16. The zero-order chi connectivity index (χ0) is 14.8. The molecule has 0 aliphatic carbocycles. The van der Waals surface area contributed by atoms with E-state index in [-0.39, 0.29) is 18.1 Å². The van der Waals surface area contributed by atoms with Gasteiger partial charge in [0.25, 0.3) is 0 Å². The number of aliphatic hydroxyl groups excluding tert-OH is 1. The SMILES string of the molecule is Cc1cc(C(C)(C)C)cc(C)c1NC(CO)C(C)C. The third-order valence-electron chi connectivity index (χ3n) is 3.73. The van der Waals surface area contributed by atoms with Crippen LogP contribution >= 0.6 is 0 Å². The molecule has 0 fully saturated rings. The van der Waals surface area contributed by atoms with E-state index < -0.39 is 0 Å². The Kier molecular flexibility index (Phi) is 5.03. The van der Waals surface area contributed by atoms with E-state index in [1.54, 1.807) is 0 Å². The van der Waals surface area contributed by atoms with Gasteiger partial charge in [0.15, 0.2) is 0 Å². The number of hydrogen-bond acceptors (Lipinski definition) is 2. The Morgan fingerprint density at radius 3 is 1.89 bits per heavy atom. The lowest BCUT2D eigenvalue weighted by Gasteiger charge is -2.26. The van der Waals surface area contributed by atoms with Crippen molar-refractivity contribution < 1.29 is 5.11 Å². The Morgan fingerprint density at radius 2 is 1.58 bits per heavy atom. The van der Waals surface area contributed by atoms with E-state index >= 15 is 0 Å². The predicted octanol–water partition coefficient (Wildman–Crippen LogP) is 4.03. The first-order valence-electron chi connectivity index (χ1n) is 7.16. The van der Waals surface area contributed by atoms with Gasteiger partial charge >= 0.3 is 0 Å². The van der Waals surface area contributed by atoms with Crippen molar-refractivity contribution in [2.45, 2.75) is 59.9 Å². The van der Waals surface area contributed by atoms with Crippen LogP contribution in [0.15, 0.2) is 12.1 Å². The van der Waals surface area contributed by atoms with Crippen molar-refractivity contribution in [2.24, 2.45) is 5.92 Å². The monoisotopic (exact) mass is 263 g/mol. The summed E-state index contributed by atoms with van der Waals surface area (Å²) in [6.45, 7) is 15.4. The highest BCUT2D eigenvalue weighted by atomic mass is 16.3. The maximum atomic E-state index is 9.46. The third-order valence-corrected chi connectivity index (χ3v) is 3.73. The fourth-order valence-corrected chi connectivity index (χ4v) is 2.23. The van der Waals surface area contributed by atoms with Crippen LogP contribution in [0.25, 0.3) is 0 Å². The summed E-state index contributed by atoms with van der Waals surface area (Å²) < 4.78 is 0. The van der Waals surface area contributed by atoms with E-state index in [1.165, 1.54) is 22.4 Å². The van der Waals surface area contributed by atoms with E-state index in [1.807, 2.05) is 0 Å². The van der Waals surface area contributed by atoms with Crippen LogP contribution in [0.4, 0.5) is 5.69 Å². The molecule has 0 aromatic heterocycles. The maximum Gasteiger partial charge on any atom is 0.0635 e. The van der Waals surface area contributed by atoms with Crippen LogP contribution in [0.1, 0.15) is 51.3 Å². The summed E-state index contributed by atoms with van der Waals surface area (Å²) in [5, 5.41) is 13.0. The van der Waals surface area contributed by atoms with E-state index in [0.717, 1.165) is 0 Å². The third kappa shape index (κ3) is 3.97. The van der Waals surface area contributed by atoms with Crippen molar-refractivity contribution in [1.29, 1.82) is 0 Å². The normalized spacial score (nSPS) is 13.7. The quantitative estimate of drug-likeness (QED) is 0.859. The largest absolute Gasteiger partial charge is 0.394 e. The summed E-state index contributed by atoms with van der Waals surface area (Å²) in [6, 6.07) is 4.62. The molecule has 0 spiro atoms. The highest BCUT2D eigenvalue weighted by molar-refractivity contribution is 5.59. The molecule has 2 N–H and O–H groups in total. The van der Waals surface area contributed by atoms with Gasteiger partial charge in [-0.25, -0.2) is 0 Å². The lowest BCUT2D eigenvalue weighted by atomic mass is 9.84. The number of hydrogen-bond donors (Lipinski definition) is 2. The maximum absolute atomic E-state index is 9.46. The summed E-state index contributed by atoms with van der Waals surface area (Å²) in [5.74, 6) is 0.408. The van der Waals surface area contributed by atoms with Gasteiger partial charge in [-0.15, -0.1) is 0 Å². The van der Waals surface area contributed by atoms with Crippen molar-refractivity contribution in [1.82, 2.24) is 0 Å². The molecule has 2 nitrogen and oxygen atoms in total. The second-order valence-electron chi connectivity index (χ2n) is 6.91. The molecule has 1 unspecified atom stereocenters. The summed E-state index contributed by atoms with van der Waals surface area (Å²) in [5.41, 5.74) is 5.20. The summed E-state index contributed by atoms with van der Waals surface area (Å²) in [7, 11) is 0. The molecule has 0 aliphatic rings. The standard InChI is InChI=1S/C17H29NO/c1-11(2)15(10-19)18-16-12(3)8-14(9-13(16)4)17(5,6)7/h8-9,11,15,18-19H,10H2,1-7H3. The van der Waals surface area contributed by atoms with Crippen LogP contribution in [0, 0.1) is 19.8 Å². The van der Waals surface area contributed by atoms with Crippen molar-refractivity contribution in [3.05, 3.63) is 28.8 Å². The minimum atomic E-state index is 0.109. The number of rotatable bonds is 4. The van der Waals surface area contributed by atoms with Crippen molar-refractivity contribution in [3.8, 4) is 0 Å². The first-order chi connectivity index (χ1) is 8.66. The minimum Gasteiger partial charge on any atom is -0.394 e. The second kappa shape index (κ2) is 5.96. The Morgan fingerprint density at radius 1 is 1.11 bits per heavy atom. The fraction of sp³-hybridized carbons (Fsp3) is 0.647. The molecule has 1 aromatic rings. The Labute approximate surface area is 118 Å². The Balaban J connectivity index is 3.11. The number of nitrogens with one attached hydrogen (secondary N) is 1. The van der Waals surface area contributed by atoms with E-state index in [4.69, 9.17) is 0 Å². The Hall–Kier alpha value is -1.02. The van der Waals surface area contributed by atoms with Crippen LogP contribution in [-0.4, -0.2) is 17.8 Å². The molecular weight excluding hydrogens is 234 g/mol. The van der Waals surface area contributed by atoms with Crippen LogP contribution in [0.5, 0.6) is 0 Å². The lowest BCUT2D eigenvalue weighted by Crippen LogP contribution is -2.30. The number of anilines is 1. The smallest absolute Gasteiger partial charge is 0.0635 e. The molecule has 0 saturated carbocycles. The molecule has 0 radical (unpaired) electrons. The number of aryl methyl sites for hydroxylation is 2. The van der Waals surface area contributed by atoms with Crippen LogP contribution in [-0.2, 0) is 5.41 Å². The van der Waals surface area contributed by atoms with Crippen molar-refractivity contribution >= 4 is 5.69 Å². The van der Waals surface area contributed by atoms with E-state index in [2.05, 4.69) is 65.9 Å². The van der Waals surface area contributed by atoms with E-state index in [9.17, 15) is 5.11 Å². The molecule has 2 heteroatoms. The molecule has 108 valence electrons. The zero-order valence-electron chi connectivity index (χ0n) is 13.5. The number of benzene rings is 1. The van der Waals surface area contributed by atoms with Crippen LogP contribution < -0.4 is 5.32 Å². The highest BCUT2D eigenvalue weighted by Gasteiger charge is 2.18. The van der Waals surface area contributed by atoms with Crippen LogP contribution in [0.2, 0.25) is 0 Å². The van der Waals surface area contributed by atoms with Gasteiger partial charge in [-0.1, -0.05) is 46.8 Å². The van der Waals surface area contributed by atoms with Gasteiger partial charge in [0, 0.05) is 5.69 Å². The molecule has 1 atom stereocenters. The molecular formula is C17H29NO. The average Bonchev–Trinajstić information content (AvgIpc) is 2.26. The second-order valence-corrected chi connectivity index (χ2v) is 6.91. The van der Waals surface area contributed by atoms with E-state index in [0.29, 0.717) is 5.92 Å². The van der Waals surface area contributed by atoms with Gasteiger partial charge in [0.1, 0.15) is 0 Å². The Bertz CT molecular complexity index is 406. The minimum absolute atomic E-state index is 0.109. The zero-order valence-corrected chi connectivity index (χ0v) is 13.5. The lowest BCUT2D eigenvalue weighted by molar-refractivity contribution is 0.249. The van der Waals surface area contributed by atoms with Gasteiger partial charge in [-0.2, -0.15) is 0 Å². The predicted molar refractivity (Wildman–Crippen MR) is 84.0 cm³/mol. The summed E-state index contributed by atoms with van der Waals surface area (Å²) in [4.78, 5) is 0. The molecule has 0 bridgehead atoms. The van der Waals surface area contributed by atoms with Crippen LogP contribution in [0.3, 0.4) is 0 Å². The molecule has 1 aromatic carbocycles. The topological polar surface area (TPSA) is 32.3 Å².